The van der Waals surface area contributed by atoms with Gasteiger partial charge in [0.15, 0.2) is 0 Å². The van der Waals surface area contributed by atoms with E-state index in [1.54, 1.807) is 0 Å². The monoisotopic (exact) mass is 273 g/mol. The molecule has 20 heavy (non-hydrogen) atoms. The van der Waals surface area contributed by atoms with Crippen LogP contribution in [0.5, 0.6) is 0 Å². The number of ether oxygens (including phenoxy) is 1. The fourth-order valence-electron chi connectivity index (χ4n) is 2.52. The predicted molar refractivity (Wildman–Crippen MR) is 79.4 cm³/mol. The van der Waals surface area contributed by atoms with Crippen molar-refractivity contribution in [3.05, 3.63) is 24.3 Å². The van der Waals surface area contributed by atoms with Crippen molar-refractivity contribution in [1.29, 1.82) is 0 Å². The van der Waals surface area contributed by atoms with Crippen molar-refractivity contribution in [3.63, 3.8) is 0 Å². The molecule has 1 aromatic carbocycles. The molecular weight excluding hydrogens is 254 g/mol. The first-order valence-electron chi connectivity index (χ1n) is 6.81. The van der Waals surface area contributed by atoms with Gasteiger partial charge in [-0.05, 0) is 31.9 Å². The van der Waals surface area contributed by atoms with Gasteiger partial charge in [-0.3, -0.25) is 5.43 Å². The summed E-state index contributed by atoms with van der Waals surface area (Å²) in [6, 6.07) is 7.85. The van der Waals surface area contributed by atoms with E-state index in [2.05, 4.69) is 27.6 Å². The molecule has 1 atom stereocenters. The van der Waals surface area contributed by atoms with Gasteiger partial charge in [-0.25, -0.2) is 10.8 Å². The fourth-order valence-corrected chi connectivity index (χ4v) is 2.52. The lowest BCUT2D eigenvalue weighted by molar-refractivity contribution is 0.0315. The van der Waals surface area contributed by atoms with Gasteiger partial charge in [0.2, 0.25) is 5.95 Å². The van der Waals surface area contributed by atoms with Crippen molar-refractivity contribution in [3.8, 4) is 0 Å². The molecule has 0 radical (unpaired) electrons. The van der Waals surface area contributed by atoms with Gasteiger partial charge in [0.25, 0.3) is 0 Å². The summed E-state index contributed by atoms with van der Waals surface area (Å²) < 4.78 is 5.78. The summed E-state index contributed by atoms with van der Waals surface area (Å²) >= 11 is 0. The van der Waals surface area contributed by atoms with Gasteiger partial charge in [0.1, 0.15) is 5.82 Å². The molecule has 1 unspecified atom stereocenters. The number of hydrogen-bond acceptors (Lipinski definition) is 6. The van der Waals surface area contributed by atoms with Crippen LogP contribution in [0.2, 0.25) is 0 Å². The van der Waals surface area contributed by atoms with Crippen LogP contribution in [0.3, 0.4) is 0 Å². The van der Waals surface area contributed by atoms with Crippen molar-refractivity contribution in [1.82, 2.24) is 9.97 Å². The Morgan fingerprint density at radius 3 is 2.95 bits per heavy atom. The second-order valence-corrected chi connectivity index (χ2v) is 5.31. The third-order valence-electron chi connectivity index (χ3n) is 3.66. The largest absolute Gasteiger partial charge is 0.373 e. The van der Waals surface area contributed by atoms with Crippen LogP contribution in [0.25, 0.3) is 10.9 Å². The smallest absolute Gasteiger partial charge is 0.239 e. The maximum Gasteiger partial charge on any atom is 0.239 e. The van der Waals surface area contributed by atoms with E-state index in [-0.39, 0.29) is 5.60 Å². The molecule has 2 heterocycles. The van der Waals surface area contributed by atoms with Gasteiger partial charge in [0, 0.05) is 18.5 Å². The lowest BCUT2D eigenvalue weighted by atomic mass is 10.0. The summed E-state index contributed by atoms with van der Waals surface area (Å²) in [4.78, 5) is 8.73. The maximum atomic E-state index is 5.78. The minimum absolute atomic E-state index is 0.123. The normalized spacial score (nSPS) is 22.1. The van der Waals surface area contributed by atoms with E-state index in [1.165, 1.54) is 0 Å². The van der Waals surface area contributed by atoms with Gasteiger partial charge in [-0.2, -0.15) is 4.98 Å². The maximum absolute atomic E-state index is 5.78. The first-order chi connectivity index (χ1) is 9.70. The van der Waals surface area contributed by atoms with Crippen molar-refractivity contribution >= 4 is 22.7 Å². The zero-order chi connectivity index (χ0) is 14.0. The summed E-state index contributed by atoms with van der Waals surface area (Å²) in [5.74, 6) is 6.61. The third kappa shape index (κ3) is 2.52. The molecule has 1 aliphatic heterocycles. The number of nitrogens with two attached hydrogens (primary N) is 1. The molecule has 2 aromatic rings. The van der Waals surface area contributed by atoms with E-state index in [4.69, 9.17) is 10.6 Å². The molecule has 0 saturated carbocycles. The molecule has 6 heteroatoms. The topological polar surface area (TPSA) is 85.1 Å². The number of nitrogens with one attached hydrogen (secondary N) is 2. The predicted octanol–water partition coefficient (Wildman–Crippen LogP) is 1.90. The standard InChI is InChI=1S/C14H19N5O/c1-14(7-4-8-20-14)9-16-12-10-5-2-3-6-11(10)17-13(18-12)19-15/h2-3,5-6H,4,7-9,15H2,1H3,(H2,16,17,18,19). The average molecular weight is 273 g/mol. The van der Waals surface area contributed by atoms with E-state index in [9.17, 15) is 0 Å². The molecule has 4 N–H and O–H groups in total. The van der Waals surface area contributed by atoms with Crippen molar-refractivity contribution in [2.24, 2.45) is 5.84 Å². The van der Waals surface area contributed by atoms with E-state index in [0.29, 0.717) is 5.95 Å². The molecule has 6 nitrogen and oxygen atoms in total. The number of para-hydroxylation sites is 1. The van der Waals surface area contributed by atoms with E-state index >= 15 is 0 Å². The molecular formula is C14H19N5O. The first-order valence-corrected chi connectivity index (χ1v) is 6.81. The Balaban J connectivity index is 1.89. The Kier molecular flexibility index (Phi) is 3.42. The molecule has 1 saturated heterocycles. The highest BCUT2D eigenvalue weighted by molar-refractivity contribution is 5.89. The first kappa shape index (κ1) is 13.1. The lowest BCUT2D eigenvalue weighted by Crippen LogP contribution is -2.32. The highest BCUT2D eigenvalue weighted by atomic mass is 16.5. The van der Waals surface area contributed by atoms with E-state index in [1.807, 2.05) is 24.3 Å². The number of nitrogen functional groups attached to an aromatic ring is 1. The molecule has 1 fully saturated rings. The van der Waals surface area contributed by atoms with Gasteiger partial charge in [-0.15, -0.1) is 0 Å². The van der Waals surface area contributed by atoms with E-state index < -0.39 is 0 Å². The zero-order valence-corrected chi connectivity index (χ0v) is 11.5. The van der Waals surface area contributed by atoms with Gasteiger partial charge >= 0.3 is 0 Å². The van der Waals surface area contributed by atoms with Crippen LogP contribution in [-0.4, -0.2) is 28.7 Å². The highest BCUT2D eigenvalue weighted by Gasteiger charge is 2.29. The molecule has 106 valence electrons. The fraction of sp³-hybridized carbons (Fsp3) is 0.429. The van der Waals surface area contributed by atoms with Gasteiger partial charge < -0.3 is 10.1 Å². The summed E-state index contributed by atoms with van der Waals surface area (Å²) in [5.41, 5.74) is 3.24. The van der Waals surface area contributed by atoms with Crippen molar-refractivity contribution < 1.29 is 4.74 Å². The Labute approximate surface area is 117 Å². The molecule has 1 aromatic heterocycles. The minimum atomic E-state index is -0.123. The third-order valence-corrected chi connectivity index (χ3v) is 3.66. The minimum Gasteiger partial charge on any atom is -0.373 e. The van der Waals surface area contributed by atoms with Crippen LogP contribution in [0, 0.1) is 0 Å². The second kappa shape index (κ2) is 5.22. The number of fused-ring (bicyclic) bond motifs is 1. The Morgan fingerprint density at radius 2 is 2.20 bits per heavy atom. The number of hydrogen-bond donors (Lipinski definition) is 3. The number of rotatable bonds is 4. The Hall–Kier alpha value is -1.92. The summed E-state index contributed by atoms with van der Waals surface area (Å²) in [6.45, 7) is 3.68. The van der Waals surface area contributed by atoms with Crippen molar-refractivity contribution in [2.45, 2.75) is 25.4 Å². The Bertz CT molecular complexity index is 610. The van der Waals surface area contributed by atoms with Crippen LogP contribution in [-0.2, 0) is 4.74 Å². The molecule has 0 bridgehead atoms. The number of anilines is 2. The SMILES string of the molecule is CC1(CNc2nc(NN)nc3ccccc23)CCCO1. The summed E-state index contributed by atoms with van der Waals surface area (Å²) in [6.07, 6.45) is 2.17. The lowest BCUT2D eigenvalue weighted by Gasteiger charge is -2.24. The number of benzene rings is 1. The summed E-state index contributed by atoms with van der Waals surface area (Å²) in [5, 5.41) is 4.35. The molecule has 0 spiro atoms. The van der Waals surface area contributed by atoms with E-state index in [0.717, 1.165) is 42.7 Å². The zero-order valence-electron chi connectivity index (χ0n) is 11.5. The molecule has 0 amide bonds. The van der Waals surface area contributed by atoms with Crippen molar-refractivity contribution in [2.75, 3.05) is 23.9 Å². The number of nitrogens with zero attached hydrogens (tertiary/aromatic N) is 2. The second-order valence-electron chi connectivity index (χ2n) is 5.31. The quantitative estimate of drug-likeness (QED) is 0.583. The Morgan fingerprint density at radius 1 is 1.35 bits per heavy atom. The molecule has 3 rings (SSSR count). The number of hydrazine groups is 1. The molecule has 1 aliphatic rings. The highest BCUT2D eigenvalue weighted by Crippen LogP contribution is 2.27. The summed E-state index contributed by atoms with van der Waals surface area (Å²) in [7, 11) is 0. The van der Waals surface area contributed by atoms with Crippen LogP contribution in [0.15, 0.2) is 24.3 Å². The van der Waals surface area contributed by atoms with Crippen LogP contribution < -0.4 is 16.6 Å². The van der Waals surface area contributed by atoms with Crippen LogP contribution in [0.4, 0.5) is 11.8 Å². The van der Waals surface area contributed by atoms with Gasteiger partial charge in [-0.1, -0.05) is 12.1 Å². The molecule has 0 aliphatic carbocycles. The van der Waals surface area contributed by atoms with Crippen LogP contribution in [0.1, 0.15) is 19.8 Å². The number of aromatic nitrogens is 2. The van der Waals surface area contributed by atoms with Gasteiger partial charge in [0.05, 0.1) is 11.1 Å². The average Bonchev–Trinajstić information content (AvgIpc) is 2.91. The van der Waals surface area contributed by atoms with Crippen LogP contribution >= 0.6 is 0 Å².